The number of nitrogens with one attached hydrogen (secondary N) is 1. The third kappa shape index (κ3) is 3.81. The molecule has 7 heteroatoms. The summed E-state index contributed by atoms with van der Waals surface area (Å²) < 4.78 is 51.9. The summed E-state index contributed by atoms with van der Waals surface area (Å²) in [6.07, 6.45) is 5.40. The molecule has 2 aliphatic rings. The zero-order valence-corrected chi connectivity index (χ0v) is 19.3. The molecule has 2 aliphatic carbocycles. The molecule has 0 saturated heterocycles. The fourth-order valence-corrected chi connectivity index (χ4v) is 5.10. The van der Waals surface area contributed by atoms with E-state index in [2.05, 4.69) is 21.2 Å². The lowest BCUT2D eigenvalue weighted by atomic mass is 9.81. The van der Waals surface area contributed by atoms with Crippen LogP contribution < -0.4 is 0 Å². The molecule has 0 amide bonds. The Morgan fingerprint density at radius 3 is 2.65 bits per heavy atom. The van der Waals surface area contributed by atoms with Crippen LogP contribution in [0.5, 0.6) is 0 Å². The molecule has 1 N–H and O–H groups in total. The molecule has 0 radical (unpaired) electrons. The maximum atomic E-state index is 14.0. The second kappa shape index (κ2) is 8.00. The van der Waals surface area contributed by atoms with Crippen molar-refractivity contribution in [3.63, 3.8) is 0 Å². The molecule has 34 heavy (non-hydrogen) atoms. The number of aromatic amines is 1. The molecule has 0 atom stereocenters. The van der Waals surface area contributed by atoms with Crippen LogP contribution in [0.2, 0.25) is 0 Å². The quantitative estimate of drug-likeness (QED) is 0.341. The molecule has 0 aromatic carbocycles. The van der Waals surface area contributed by atoms with Crippen molar-refractivity contribution in [3.8, 4) is 22.3 Å². The van der Waals surface area contributed by atoms with Gasteiger partial charge in [0, 0.05) is 62.5 Å². The Kier molecular flexibility index (Phi) is 4.53. The standard InChI is InChI=1S/C27H28F2N4O/c1-15-24(16(2)34-33-15)22-14-32-26-21(19-7-10-30-23(12-19)18-3-4-18)13-31-25(26)20(22)11-17-5-8-27(28,29)9-6-17/h7,10,12-14,17-18,31H,3-6,8-9,11H2,1-2H3/i11D2. The monoisotopic (exact) mass is 464 g/mol. The van der Waals surface area contributed by atoms with Gasteiger partial charge in [0.25, 0.3) is 0 Å². The third-order valence-corrected chi connectivity index (χ3v) is 7.15. The van der Waals surface area contributed by atoms with Crippen molar-refractivity contribution in [1.29, 1.82) is 0 Å². The highest BCUT2D eigenvalue weighted by Gasteiger charge is 2.35. The molecule has 0 spiro atoms. The highest BCUT2D eigenvalue weighted by atomic mass is 19.3. The number of H-pyrrole nitrogens is 1. The first kappa shape index (κ1) is 19.2. The van der Waals surface area contributed by atoms with Gasteiger partial charge in [0.05, 0.1) is 16.7 Å². The predicted molar refractivity (Wildman–Crippen MR) is 127 cm³/mol. The van der Waals surface area contributed by atoms with E-state index in [1.807, 2.05) is 25.4 Å². The van der Waals surface area contributed by atoms with Gasteiger partial charge in [-0.2, -0.15) is 0 Å². The first-order chi connectivity index (χ1) is 17.2. The lowest BCUT2D eigenvalue weighted by Crippen LogP contribution is -2.25. The molecule has 176 valence electrons. The van der Waals surface area contributed by atoms with E-state index < -0.39 is 18.2 Å². The predicted octanol–water partition coefficient (Wildman–Crippen LogP) is 7.14. The van der Waals surface area contributed by atoms with E-state index in [0.717, 1.165) is 29.7 Å². The van der Waals surface area contributed by atoms with Crippen LogP contribution in [-0.4, -0.2) is 26.0 Å². The number of halogens is 2. The van der Waals surface area contributed by atoms with Crippen molar-refractivity contribution in [2.75, 3.05) is 0 Å². The molecule has 0 unspecified atom stereocenters. The molecular formula is C27H28F2N4O. The van der Waals surface area contributed by atoms with Crippen LogP contribution in [-0.2, 0) is 6.37 Å². The maximum absolute atomic E-state index is 14.0. The van der Waals surface area contributed by atoms with Crippen LogP contribution in [0, 0.1) is 19.8 Å². The lowest BCUT2D eigenvalue weighted by Gasteiger charge is -2.28. The number of aryl methyl sites for hydroxylation is 2. The molecule has 5 nitrogen and oxygen atoms in total. The second-order valence-corrected chi connectivity index (χ2v) is 9.69. The van der Waals surface area contributed by atoms with Crippen molar-refractivity contribution >= 4 is 11.0 Å². The van der Waals surface area contributed by atoms with Gasteiger partial charge in [-0.3, -0.25) is 9.97 Å². The summed E-state index contributed by atoms with van der Waals surface area (Å²) in [5.74, 6) is -2.21. The number of pyridine rings is 2. The van der Waals surface area contributed by atoms with Gasteiger partial charge in [-0.15, -0.1) is 0 Å². The van der Waals surface area contributed by atoms with Crippen molar-refractivity contribution in [1.82, 2.24) is 20.1 Å². The van der Waals surface area contributed by atoms with Crippen molar-refractivity contribution in [3.05, 3.63) is 53.4 Å². The van der Waals surface area contributed by atoms with Crippen molar-refractivity contribution < 1.29 is 16.0 Å². The summed E-state index contributed by atoms with van der Waals surface area (Å²) in [4.78, 5) is 12.6. The first-order valence-corrected chi connectivity index (χ1v) is 11.9. The molecule has 4 heterocycles. The second-order valence-electron chi connectivity index (χ2n) is 9.69. The zero-order valence-electron chi connectivity index (χ0n) is 21.3. The average Bonchev–Trinajstić information content (AvgIpc) is 3.53. The Morgan fingerprint density at radius 2 is 1.94 bits per heavy atom. The largest absolute Gasteiger partial charge is 0.361 e. The number of hydrogen-bond donors (Lipinski definition) is 1. The molecule has 4 aromatic heterocycles. The van der Waals surface area contributed by atoms with E-state index in [0.29, 0.717) is 45.1 Å². The van der Waals surface area contributed by atoms with E-state index in [9.17, 15) is 11.5 Å². The highest BCUT2D eigenvalue weighted by molar-refractivity contribution is 5.97. The molecular weight excluding hydrogens is 434 g/mol. The average molecular weight is 465 g/mol. The lowest BCUT2D eigenvalue weighted by molar-refractivity contribution is -0.0456. The van der Waals surface area contributed by atoms with Crippen molar-refractivity contribution in [2.45, 2.75) is 70.6 Å². The van der Waals surface area contributed by atoms with Gasteiger partial charge >= 0.3 is 0 Å². The van der Waals surface area contributed by atoms with E-state index in [4.69, 9.17) is 9.51 Å². The Bertz CT molecular complexity index is 1430. The fraction of sp³-hybridized carbons (Fsp3) is 0.444. The van der Waals surface area contributed by atoms with Gasteiger partial charge in [0.2, 0.25) is 5.92 Å². The van der Waals surface area contributed by atoms with Gasteiger partial charge in [-0.05, 0) is 75.1 Å². The van der Waals surface area contributed by atoms with Crippen molar-refractivity contribution in [2.24, 2.45) is 5.92 Å². The summed E-state index contributed by atoms with van der Waals surface area (Å²) in [6.45, 7) is 3.60. The minimum Gasteiger partial charge on any atom is -0.361 e. The third-order valence-electron chi connectivity index (χ3n) is 7.15. The Balaban J connectivity index is 1.54. The molecule has 0 bridgehead atoms. The number of aromatic nitrogens is 4. The number of fused-ring (bicyclic) bond motifs is 1. The van der Waals surface area contributed by atoms with Crippen LogP contribution >= 0.6 is 0 Å². The van der Waals surface area contributed by atoms with Crippen LogP contribution in [0.3, 0.4) is 0 Å². The van der Waals surface area contributed by atoms with Gasteiger partial charge in [-0.25, -0.2) is 8.78 Å². The topological polar surface area (TPSA) is 67.6 Å². The number of rotatable bonds is 5. The summed E-state index contributed by atoms with van der Waals surface area (Å²) in [5.41, 5.74) is 6.48. The molecule has 2 fully saturated rings. The first-order valence-electron chi connectivity index (χ1n) is 12.9. The van der Waals surface area contributed by atoms with E-state index in [1.165, 1.54) is 0 Å². The summed E-state index contributed by atoms with van der Waals surface area (Å²) in [7, 11) is 0. The van der Waals surface area contributed by atoms with Crippen LogP contribution in [0.15, 0.2) is 35.2 Å². The summed E-state index contributed by atoms with van der Waals surface area (Å²) >= 11 is 0. The highest BCUT2D eigenvalue weighted by Crippen LogP contribution is 2.43. The number of nitrogens with zero attached hydrogens (tertiary/aromatic N) is 3. The normalized spacial score (nSPS) is 19.9. The summed E-state index contributed by atoms with van der Waals surface area (Å²) in [5, 5.41) is 4.07. The molecule has 2 saturated carbocycles. The van der Waals surface area contributed by atoms with Crippen LogP contribution in [0.25, 0.3) is 33.3 Å². The van der Waals surface area contributed by atoms with Gasteiger partial charge in [-0.1, -0.05) is 5.16 Å². The Morgan fingerprint density at radius 1 is 1.15 bits per heavy atom. The van der Waals surface area contributed by atoms with Gasteiger partial charge in [0.15, 0.2) is 0 Å². The minimum atomic E-state index is -2.73. The Labute approximate surface area is 199 Å². The molecule has 6 rings (SSSR count). The van der Waals surface area contributed by atoms with E-state index >= 15 is 0 Å². The number of alkyl halides is 2. The zero-order chi connectivity index (χ0) is 25.2. The van der Waals surface area contributed by atoms with Crippen LogP contribution in [0.4, 0.5) is 8.78 Å². The molecule has 4 aromatic rings. The van der Waals surface area contributed by atoms with E-state index in [-0.39, 0.29) is 25.7 Å². The summed E-state index contributed by atoms with van der Waals surface area (Å²) in [6, 6.07) is 4.03. The van der Waals surface area contributed by atoms with Gasteiger partial charge < -0.3 is 9.51 Å². The number of hydrogen-bond acceptors (Lipinski definition) is 4. The van der Waals surface area contributed by atoms with E-state index in [1.54, 1.807) is 13.1 Å². The maximum Gasteiger partial charge on any atom is 0.248 e. The van der Waals surface area contributed by atoms with Gasteiger partial charge in [0.1, 0.15) is 5.76 Å². The Hall–Kier alpha value is -3.09. The minimum absolute atomic E-state index is 0.119. The smallest absolute Gasteiger partial charge is 0.248 e. The SMILES string of the molecule is [2H]C([2H])(c1c(-c2c(C)noc2C)cnc2c(-c3ccnc(C4CC4)c3)c[nH]c12)C1CCC(F)(F)CC1. The molecule has 0 aliphatic heterocycles. The van der Waals surface area contributed by atoms with Crippen LogP contribution in [0.1, 0.15) is 69.9 Å². The fourth-order valence-electron chi connectivity index (χ4n) is 5.10.